The van der Waals surface area contributed by atoms with Crippen LogP contribution in [0.5, 0.6) is 0 Å². The van der Waals surface area contributed by atoms with E-state index in [1.807, 2.05) is 21.6 Å². The van der Waals surface area contributed by atoms with Gasteiger partial charge in [-0.05, 0) is 19.3 Å². The number of morpholine rings is 1. The molecule has 1 aromatic heterocycles. The molecule has 0 saturated carbocycles. The van der Waals surface area contributed by atoms with Gasteiger partial charge in [-0.2, -0.15) is 4.98 Å². The quantitative estimate of drug-likeness (QED) is 0.639. The maximum atomic E-state index is 14.4. The van der Waals surface area contributed by atoms with Crippen molar-refractivity contribution < 1.29 is 28.9 Å². The van der Waals surface area contributed by atoms with E-state index < -0.39 is 17.3 Å². The molecule has 0 bridgehead atoms. The Morgan fingerprint density at radius 1 is 1.28 bits per heavy atom. The number of carbonyl (C=O) groups excluding carboxylic acids is 1. The monoisotopic (exact) mass is 453 g/mol. The van der Waals surface area contributed by atoms with Crippen molar-refractivity contribution >= 4 is 24.1 Å². The molecule has 2 N–H and O–H groups in total. The molecule has 3 fully saturated rings. The SMILES string of the molecule is CCC(=O)N1CCC[C@@]2(C1)CN(c1ncc(F)c(N3CCOCC3)n1)CC[C@@H]2O.O=CO. The number of hydrogen-bond acceptors (Lipinski definition) is 8. The summed E-state index contributed by atoms with van der Waals surface area (Å²) in [5.74, 6) is 0.490. The summed E-state index contributed by atoms with van der Waals surface area (Å²) < 4.78 is 19.8. The number of carboxylic acid groups (broad SMARTS) is 1. The molecule has 3 aliphatic rings. The number of halogens is 1. The van der Waals surface area contributed by atoms with Gasteiger partial charge in [-0.25, -0.2) is 9.37 Å². The van der Waals surface area contributed by atoms with Crippen LogP contribution >= 0.6 is 0 Å². The first-order valence-electron chi connectivity index (χ1n) is 11.1. The third kappa shape index (κ3) is 5.26. The predicted molar refractivity (Wildman–Crippen MR) is 115 cm³/mol. The number of likely N-dealkylation sites (tertiary alicyclic amines) is 1. The third-order valence-corrected chi connectivity index (χ3v) is 6.46. The zero-order valence-electron chi connectivity index (χ0n) is 18.5. The van der Waals surface area contributed by atoms with Crippen molar-refractivity contribution in [2.75, 3.05) is 62.3 Å². The fraction of sp³-hybridized carbons (Fsp3) is 0.714. The molecule has 10 nitrogen and oxygen atoms in total. The van der Waals surface area contributed by atoms with Gasteiger partial charge in [0.2, 0.25) is 11.9 Å². The van der Waals surface area contributed by atoms with Crippen molar-refractivity contribution in [2.24, 2.45) is 5.41 Å². The lowest BCUT2D eigenvalue weighted by Crippen LogP contribution is -2.60. The molecule has 0 aromatic carbocycles. The Labute approximate surface area is 187 Å². The third-order valence-electron chi connectivity index (χ3n) is 6.46. The molecule has 11 heteroatoms. The van der Waals surface area contributed by atoms with Gasteiger partial charge in [0, 0.05) is 51.1 Å². The number of aliphatic hydroxyl groups is 1. The van der Waals surface area contributed by atoms with E-state index in [9.17, 15) is 14.3 Å². The number of rotatable bonds is 3. The summed E-state index contributed by atoms with van der Waals surface area (Å²) in [5.41, 5.74) is -0.391. The van der Waals surface area contributed by atoms with Crippen LogP contribution in [0.4, 0.5) is 16.2 Å². The molecule has 2 atom stereocenters. The second-order valence-electron chi connectivity index (χ2n) is 8.41. The van der Waals surface area contributed by atoms with Crippen LogP contribution in [0.15, 0.2) is 6.20 Å². The van der Waals surface area contributed by atoms with Crippen LogP contribution in [0.25, 0.3) is 0 Å². The van der Waals surface area contributed by atoms with Crippen LogP contribution in [0.1, 0.15) is 32.6 Å². The van der Waals surface area contributed by atoms with Crippen molar-refractivity contribution in [1.82, 2.24) is 14.9 Å². The van der Waals surface area contributed by atoms with Crippen LogP contribution in [-0.4, -0.2) is 96.0 Å². The smallest absolute Gasteiger partial charge is 0.290 e. The van der Waals surface area contributed by atoms with Crippen LogP contribution in [0.3, 0.4) is 0 Å². The average molecular weight is 454 g/mol. The standard InChI is InChI=1S/C20H30FN5O3.CH2O2/c1-2-17(28)25-6-3-5-20(13-25)14-26(7-4-16(20)27)19-22-12-15(21)18(23-19)24-8-10-29-11-9-24;2-1-3/h12,16,27H,2-11,13-14H2,1H3;1H,(H,2,3)/t16-,20+;/m0./s1. The first-order valence-corrected chi connectivity index (χ1v) is 11.1. The number of aromatic nitrogens is 2. The fourth-order valence-electron chi connectivity index (χ4n) is 4.82. The van der Waals surface area contributed by atoms with E-state index in [4.69, 9.17) is 14.6 Å². The molecule has 3 saturated heterocycles. The molecule has 178 valence electrons. The summed E-state index contributed by atoms with van der Waals surface area (Å²) in [6, 6.07) is 0. The largest absolute Gasteiger partial charge is 0.483 e. The molecule has 0 aliphatic carbocycles. The van der Waals surface area contributed by atoms with Crippen molar-refractivity contribution in [3.63, 3.8) is 0 Å². The Morgan fingerprint density at radius 3 is 2.69 bits per heavy atom. The molecule has 0 unspecified atom stereocenters. The maximum absolute atomic E-state index is 14.4. The molecule has 3 aliphatic heterocycles. The topological polar surface area (TPSA) is 119 Å². The Kier molecular flexibility index (Phi) is 8.19. The summed E-state index contributed by atoms with van der Waals surface area (Å²) in [4.78, 5) is 35.2. The highest BCUT2D eigenvalue weighted by Crippen LogP contribution is 2.40. The summed E-state index contributed by atoms with van der Waals surface area (Å²) in [6.45, 7) is 6.40. The van der Waals surface area contributed by atoms with Crippen molar-refractivity contribution in [2.45, 2.75) is 38.7 Å². The number of aliphatic hydroxyl groups excluding tert-OH is 1. The molecule has 4 rings (SSSR count). The molecule has 0 radical (unpaired) electrons. The van der Waals surface area contributed by atoms with Crippen molar-refractivity contribution in [1.29, 1.82) is 0 Å². The van der Waals surface area contributed by atoms with Crippen molar-refractivity contribution in [3.05, 3.63) is 12.0 Å². The van der Waals surface area contributed by atoms with Gasteiger partial charge in [-0.1, -0.05) is 6.92 Å². The second-order valence-corrected chi connectivity index (χ2v) is 8.41. The minimum Gasteiger partial charge on any atom is -0.483 e. The lowest BCUT2D eigenvalue weighted by atomic mass is 9.71. The number of carbonyl (C=O) groups is 2. The zero-order chi connectivity index (χ0) is 23.1. The highest BCUT2D eigenvalue weighted by Gasteiger charge is 2.46. The average Bonchev–Trinajstić information content (AvgIpc) is 2.82. The van der Waals surface area contributed by atoms with Gasteiger partial charge in [0.15, 0.2) is 11.6 Å². The summed E-state index contributed by atoms with van der Waals surface area (Å²) in [6.07, 6.45) is 3.56. The number of anilines is 2. The highest BCUT2D eigenvalue weighted by molar-refractivity contribution is 5.76. The predicted octanol–water partition coefficient (Wildman–Crippen LogP) is 0.743. The maximum Gasteiger partial charge on any atom is 0.290 e. The molecule has 1 aromatic rings. The van der Waals surface area contributed by atoms with Gasteiger partial charge < -0.3 is 29.6 Å². The lowest BCUT2D eigenvalue weighted by Gasteiger charge is -2.51. The van der Waals surface area contributed by atoms with E-state index in [1.165, 1.54) is 6.20 Å². The number of nitrogens with zero attached hydrogens (tertiary/aromatic N) is 5. The van der Waals surface area contributed by atoms with Crippen LogP contribution in [-0.2, 0) is 14.3 Å². The Balaban J connectivity index is 0.000000913. The van der Waals surface area contributed by atoms with Crippen LogP contribution in [0.2, 0.25) is 0 Å². The first-order chi connectivity index (χ1) is 15.4. The van der Waals surface area contributed by atoms with E-state index >= 15 is 0 Å². The zero-order valence-corrected chi connectivity index (χ0v) is 18.5. The number of hydrogen-bond donors (Lipinski definition) is 2. The van der Waals surface area contributed by atoms with E-state index in [2.05, 4.69) is 9.97 Å². The second kappa shape index (κ2) is 10.9. The van der Waals surface area contributed by atoms with Gasteiger partial charge in [0.25, 0.3) is 6.47 Å². The van der Waals surface area contributed by atoms with Crippen LogP contribution < -0.4 is 9.80 Å². The summed E-state index contributed by atoms with van der Waals surface area (Å²) in [5, 5.41) is 17.7. The Hall–Kier alpha value is -2.53. The fourth-order valence-corrected chi connectivity index (χ4v) is 4.82. The Bertz CT molecular complexity index is 794. The molecule has 4 heterocycles. The summed E-state index contributed by atoms with van der Waals surface area (Å²) in [7, 11) is 0. The van der Waals surface area contributed by atoms with Crippen molar-refractivity contribution in [3.8, 4) is 0 Å². The Morgan fingerprint density at radius 2 is 2.00 bits per heavy atom. The van der Waals surface area contributed by atoms with E-state index in [-0.39, 0.29) is 12.4 Å². The van der Waals surface area contributed by atoms with Crippen LogP contribution in [0, 0.1) is 11.2 Å². The molecule has 1 spiro atoms. The minimum atomic E-state index is -0.467. The minimum absolute atomic E-state index is 0.126. The normalized spacial score (nSPS) is 25.8. The van der Waals surface area contributed by atoms with E-state index in [0.717, 1.165) is 19.4 Å². The van der Waals surface area contributed by atoms with E-state index in [1.54, 1.807) is 0 Å². The first kappa shape index (κ1) is 24.1. The van der Waals surface area contributed by atoms with Gasteiger partial charge in [0.05, 0.1) is 25.5 Å². The summed E-state index contributed by atoms with van der Waals surface area (Å²) >= 11 is 0. The van der Waals surface area contributed by atoms with Gasteiger partial charge in [-0.3, -0.25) is 9.59 Å². The van der Waals surface area contributed by atoms with Gasteiger partial charge in [0.1, 0.15) is 0 Å². The lowest BCUT2D eigenvalue weighted by molar-refractivity contribution is -0.137. The molecule has 32 heavy (non-hydrogen) atoms. The highest BCUT2D eigenvalue weighted by atomic mass is 19.1. The van der Waals surface area contributed by atoms with Gasteiger partial charge >= 0.3 is 0 Å². The molecule has 1 amide bonds. The van der Waals surface area contributed by atoms with Gasteiger partial charge in [-0.15, -0.1) is 0 Å². The number of amides is 1. The molecular formula is C21H32FN5O5. The number of ether oxygens (including phenoxy) is 1. The number of piperidine rings is 2. The molecular weight excluding hydrogens is 421 g/mol. The van der Waals surface area contributed by atoms with E-state index in [0.29, 0.717) is 70.5 Å².